The van der Waals surface area contributed by atoms with Crippen LogP contribution < -0.4 is 9.64 Å². The first kappa shape index (κ1) is 21.5. The van der Waals surface area contributed by atoms with E-state index in [2.05, 4.69) is 6.58 Å². The van der Waals surface area contributed by atoms with Crippen molar-refractivity contribution >= 4 is 23.3 Å². The lowest BCUT2D eigenvalue weighted by atomic mass is 9.97. The number of benzene rings is 2. The molecular formula is C25H26N2O5. The fraction of sp³-hybridized carbons (Fsp3) is 0.280. The lowest BCUT2D eigenvalue weighted by molar-refractivity contribution is 0.0777. The summed E-state index contributed by atoms with van der Waals surface area (Å²) in [5, 5.41) is 10.4. The van der Waals surface area contributed by atoms with Gasteiger partial charge < -0.3 is 19.5 Å². The Morgan fingerprint density at radius 2 is 2.00 bits per heavy atom. The Hall–Kier alpha value is -3.74. The normalized spacial score (nSPS) is 19.6. The predicted octanol–water partition coefficient (Wildman–Crippen LogP) is 4.50. The highest BCUT2D eigenvalue weighted by Gasteiger charge is 2.44. The van der Waals surface area contributed by atoms with Crippen LogP contribution in [0.3, 0.4) is 0 Å². The summed E-state index contributed by atoms with van der Waals surface area (Å²) in [6.07, 6.45) is 3.31. The molecule has 2 amide bonds. The number of rotatable bonds is 4. The Morgan fingerprint density at radius 3 is 2.66 bits per heavy atom. The maximum Gasteiger partial charge on any atom is 0.414 e. The highest BCUT2D eigenvalue weighted by Crippen LogP contribution is 2.43. The summed E-state index contributed by atoms with van der Waals surface area (Å²) >= 11 is 0. The van der Waals surface area contributed by atoms with Crippen LogP contribution in [0.2, 0.25) is 0 Å². The van der Waals surface area contributed by atoms with E-state index in [0.717, 1.165) is 16.7 Å². The first-order valence-electron chi connectivity index (χ1n) is 10.4. The molecule has 7 heteroatoms. The van der Waals surface area contributed by atoms with Crippen LogP contribution in [0.25, 0.3) is 5.57 Å². The molecule has 166 valence electrons. The van der Waals surface area contributed by atoms with Gasteiger partial charge in [0.15, 0.2) is 11.5 Å². The summed E-state index contributed by atoms with van der Waals surface area (Å²) in [7, 11) is 1.41. The number of phenolic OH excluding ortho intramolecular Hbond substituents is 1. The molecule has 0 fully saturated rings. The molecule has 4 rings (SSSR count). The first-order valence-corrected chi connectivity index (χ1v) is 10.4. The van der Waals surface area contributed by atoms with Gasteiger partial charge in [-0.15, -0.1) is 0 Å². The summed E-state index contributed by atoms with van der Waals surface area (Å²) in [6.45, 7) is 7.53. The van der Waals surface area contributed by atoms with E-state index in [4.69, 9.17) is 9.47 Å². The molecule has 7 nitrogen and oxygen atoms in total. The van der Waals surface area contributed by atoms with Crippen molar-refractivity contribution in [2.75, 3.05) is 18.6 Å². The minimum Gasteiger partial charge on any atom is -0.504 e. The number of anilines is 1. The van der Waals surface area contributed by atoms with Crippen LogP contribution in [-0.4, -0.2) is 47.8 Å². The monoisotopic (exact) mass is 434 g/mol. The lowest BCUT2D eigenvalue weighted by Gasteiger charge is -2.33. The number of fused-ring (bicyclic) bond motifs is 2. The standard InChI is InChI=1S/C25H26N2O5/c1-5-10-32-25(30)27-16(3)20-11-18(17-8-6-15(2)7-9-17)14-26(20)24(29)19-12-23(31-4)22(28)13-21(19)27/h5-9,12-14,16,20,28H,1,10-11H2,2-4H3/t16?,20-/m0/s1. The van der Waals surface area contributed by atoms with Crippen molar-refractivity contribution in [3.05, 3.63) is 71.9 Å². The van der Waals surface area contributed by atoms with Crippen molar-refractivity contribution in [2.45, 2.75) is 32.4 Å². The molecule has 32 heavy (non-hydrogen) atoms. The minimum absolute atomic E-state index is 0.0364. The SMILES string of the molecule is C=CCOC(=O)N1c2cc(O)c(OC)cc2C(=O)N2C=C(c3ccc(C)cc3)C[C@H]2C1C. The quantitative estimate of drug-likeness (QED) is 0.717. The van der Waals surface area contributed by atoms with E-state index in [1.807, 2.05) is 44.3 Å². The minimum atomic E-state index is -0.610. The number of aromatic hydroxyl groups is 1. The number of phenols is 1. The predicted molar refractivity (Wildman–Crippen MR) is 122 cm³/mol. The number of amides is 2. The number of carbonyl (C=O) groups is 2. The highest BCUT2D eigenvalue weighted by molar-refractivity contribution is 6.07. The average Bonchev–Trinajstić information content (AvgIpc) is 3.20. The molecule has 0 spiro atoms. The third-order valence-corrected chi connectivity index (χ3v) is 6.01. The largest absolute Gasteiger partial charge is 0.504 e. The molecule has 0 bridgehead atoms. The smallest absolute Gasteiger partial charge is 0.414 e. The van der Waals surface area contributed by atoms with E-state index >= 15 is 0 Å². The molecule has 2 heterocycles. The second kappa shape index (κ2) is 8.42. The Kier molecular flexibility index (Phi) is 5.65. The summed E-state index contributed by atoms with van der Waals surface area (Å²) in [5.41, 5.74) is 3.75. The summed E-state index contributed by atoms with van der Waals surface area (Å²) in [5.74, 6) is -0.272. The average molecular weight is 434 g/mol. The zero-order valence-electron chi connectivity index (χ0n) is 18.4. The summed E-state index contributed by atoms with van der Waals surface area (Å²) in [6, 6.07) is 10.3. The van der Waals surface area contributed by atoms with E-state index in [9.17, 15) is 14.7 Å². The van der Waals surface area contributed by atoms with E-state index in [1.54, 1.807) is 4.90 Å². The van der Waals surface area contributed by atoms with Gasteiger partial charge in [0.1, 0.15) is 6.61 Å². The second-order valence-electron chi connectivity index (χ2n) is 8.02. The second-order valence-corrected chi connectivity index (χ2v) is 8.02. The first-order chi connectivity index (χ1) is 15.3. The van der Waals surface area contributed by atoms with Crippen LogP contribution in [0.15, 0.2) is 55.3 Å². The Bertz CT molecular complexity index is 1110. The van der Waals surface area contributed by atoms with Gasteiger partial charge in [-0.2, -0.15) is 0 Å². The highest BCUT2D eigenvalue weighted by atomic mass is 16.6. The van der Waals surface area contributed by atoms with E-state index < -0.39 is 12.1 Å². The number of ether oxygens (including phenoxy) is 2. The van der Waals surface area contributed by atoms with E-state index in [1.165, 1.54) is 30.2 Å². The molecule has 2 aliphatic heterocycles. The summed E-state index contributed by atoms with van der Waals surface area (Å²) in [4.78, 5) is 29.7. The van der Waals surface area contributed by atoms with Crippen LogP contribution in [-0.2, 0) is 4.74 Å². The molecular weight excluding hydrogens is 408 g/mol. The van der Waals surface area contributed by atoms with E-state index in [0.29, 0.717) is 6.42 Å². The fourth-order valence-corrected chi connectivity index (χ4v) is 4.30. The van der Waals surface area contributed by atoms with Gasteiger partial charge in [-0.3, -0.25) is 9.69 Å². The third kappa shape index (κ3) is 3.60. The van der Waals surface area contributed by atoms with Gasteiger partial charge >= 0.3 is 6.09 Å². The van der Waals surface area contributed by atoms with Gasteiger partial charge in [0.25, 0.3) is 5.91 Å². The Morgan fingerprint density at radius 1 is 1.28 bits per heavy atom. The maximum atomic E-state index is 13.6. The van der Waals surface area contributed by atoms with Gasteiger partial charge in [-0.25, -0.2) is 4.79 Å². The molecule has 0 radical (unpaired) electrons. The molecule has 2 aromatic carbocycles. The van der Waals surface area contributed by atoms with Crippen molar-refractivity contribution in [1.82, 2.24) is 4.90 Å². The summed E-state index contributed by atoms with van der Waals surface area (Å²) < 4.78 is 10.5. The Balaban J connectivity index is 1.82. The van der Waals surface area contributed by atoms with Gasteiger partial charge in [0, 0.05) is 12.3 Å². The molecule has 2 aliphatic rings. The fourth-order valence-electron chi connectivity index (χ4n) is 4.30. The van der Waals surface area contributed by atoms with Gasteiger partial charge in [-0.05, 0) is 37.5 Å². The van der Waals surface area contributed by atoms with Crippen molar-refractivity contribution in [1.29, 1.82) is 0 Å². The molecule has 0 saturated carbocycles. The molecule has 2 aromatic rings. The van der Waals surface area contributed by atoms with Gasteiger partial charge in [0.2, 0.25) is 0 Å². The molecule has 2 atom stereocenters. The van der Waals surface area contributed by atoms with Gasteiger partial charge in [0.05, 0.1) is 30.4 Å². The van der Waals surface area contributed by atoms with Crippen LogP contribution in [0.5, 0.6) is 11.5 Å². The number of nitrogens with zero attached hydrogens (tertiary/aromatic N) is 2. The lowest BCUT2D eigenvalue weighted by Crippen LogP contribution is -2.48. The van der Waals surface area contributed by atoms with Crippen molar-refractivity contribution in [3.8, 4) is 11.5 Å². The van der Waals surface area contributed by atoms with Gasteiger partial charge in [-0.1, -0.05) is 42.5 Å². The molecule has 0 aromatic heterocycles. The molecule has 0 saturated heterocycles. The van der Waals surface area contributed by atoms with Crippen molar-refractivity contribution in [2.24, 2.45) is 0 Å². The molecule has 1 N–H and O–H groups in total. The number of methoxy groups -OCH3 is 1. The maximum absolute atomic E-state index is 13.6. The topological polar surface area (TPSA) is 79.3 Å². The molecule has 0 aliphatic carbocycles. The van der Waals surface area contributed by atoms with Crippen molar-refractivity contribution < 1.29 is 24.2 Å². The van der Waals surface area contributed by atoms with Crippen LogP contribution in [0.1, 0.15) is 34.8 Å². The van der Waals surface area contributed by atoms with E-state index in [-0.39, 0.29) is 41.3 Å². The van der Waals surface area contributed by atoms with Crippen LogP contribution >= 0.6 is 0 Å². The number of aryl methyl sites for hydroxylation is 1. The van der Waals surface area contributed by atoms with Crippen LogP contribution in [0.4, 0.5) is 10.5 Å². The zero-order valence-corrected chi connectivity index (χ0v) is 18.4. The molecule has 1 unspecified atom stereocenters. The van der Waals surface area contributed by atoms with Crippen molar-refractivity contribution in [3.63, 3.8) is 0 Å². The Labute approximate surface area is 187 Å². The van der Waals surface area contributed by atoms with Crippen LogP contribution in [0, 0.1) is 6.92 Å². The number of carbonyl (C=O) groups excluding carboxylic acids is 2. The number of hydrogen-bond acceptors (Lipinski definition) is 5. The third-order valence-electron chi connectivity index (χ3n) is 6.01. The number of hydrogen-bond donors (Lipinski definition) is 1. The zero-order chi connectivity index (χ0) is 23.0.